The van der Waals surface area contributed by atoms with Gasteiger partial charge >= 0.3 is 0 Å². The molecular formula is C8H19NS. The van der Waals surface area contributed by atoms with Crippen LogP contribution in [0.1, 0.15) is 26.7 Å². The van der Waals surface area contributed by atoms with Gasteiger partial charge in [0.25, 0.3) is 0 Å². The lowest BCUT2D eigenvalue weighted by atomic mass is 10.1. The number of nitrogens with one attached hydrogen (secondary N) is 1. The van der Waals surface area contributed by atoms with E-state index >= 15 is 0 Å². The first-order valence-electron chi connectivity index (χ1n) is 4.09. The Kier molecular flexibility index (Phi) is 7.65. The fourth-order valence-corrected chi connectivity index (χ4v) is 0.997. The Morgan fingerprint density at radius 1 is 1.30 bits per heavy atom. The van der Waals surface area contributed by atoms with Crippen LogP contribution < -0.4 is 5.32 Å². The van der Waals surface area contributed by atoms with E-state index in [0.29, 0.717) is 0 Å². The van der Waals surface area contributed by atoms with Crippen molar-refractivity contribution in [3.63, 3.8) is 0 Å². The van der Waals surface area contributed by atoms with Gasteiger partial charge in [-0.05, 0) is 25.3 Å². The van der Waals surface area contributed by atoms with Crippen molar-refractivity contribution in [1.82, 2.24) is 5.32 Å². The minimum atomic E-state index is 0.845. The van der Waals surface area contributed by atoms with Gasteiger partial charge in [-0.15, -0.1) is 0 Å². The number of hydrogen-bond acceptors (Lipinski definition) is 2. The first kappa shape index (κ1) is 10.3. The zero-order valence-corrected chi connectivity index (χ0v) is 7.95. The van der Waals surface area contributed by atoms with Gasteiger partial charge in [0.15, 0.2) is 0 Å². The fourth-order valence-electron chi connectivity index (χ4n) is 0.839. The molecule has 0 aromatic carbocycles. The van der Waals surface area contributed by atoms with Crippen LogP contribution >= 0.6 is 12.6 Å². The molecule has 0 fully saturated rings. The van der Waals surface area contributed by atoms with Crippen molar-refractivity contribution in [1.29, 1.82) is 0 Å². The molecule has 0 saturated carbocycles. The van der Waals surface area contributed by atoms with Gasteiger partial charge < -0.3 is 5.32 Å². The first-order chi connectivity index (χ1) is 4.77. The number of rotatable bonds is 6. The summed E-state index contributed by atoms with van der Waals surface area (Å²) in [5.41, 5.74) is 0. The smallest absolute Gasteiger partial charge is 0.00397 e. The molecule has 1 nitrogen and oxygen atoms in total. The SMILES string of the molecule is CC(C)CCCNCCS. The highest BCUT2D eigenvalue weighted by molar-refractivity contribution is 7.80. The summed E-state index contributed by atoms with van der Waals surface area (Å²) in [4.78, 5) is 0. The third-order valence-corrected chi connectivity index (χ3v) is 1.65. The minimum absolute atomic E-state index is 0.845. The van der Waals surface area contributed by atoms with E-state index in [0.717, 1.165) is 24.8 Å². The van der Waals surface area contributed by atoms with Crippen LogP contribution in [-0.2, 0) is 0 Å². The van der Waals surface area contributed by atoms with E-state index in [1.165, 1.54) is 12.8 Å². The predicted molar refractivity (Wildman–Crippen MR) is 50.8 cm³/mol. The van der Waals surface area contributed by atoms with Gasteiger partial charge in [-0.2, -0.15) is 12.6 Å². The quantitative estimate of drug-likeness (QED) is 0.448. The summed E-state index contributed by atoms with van der Waals surface area (Å²) in [6.45, 7) is 6.72. The van der Waals surface area contributed by atoms with Crippen LogP contribution in [-0.4, -0.2) is 18.8 Å². The van der Waals surface area contributed by atoms with Gasteiger partial charge in [0.05, 0.1) is 0 Å². The average Bonchev–Trinajstić information content (AvgIpc) is 1.87. The molecule has 0 amide bonds. The first-order valence-corrected chi connectivity index (χ1v) is 4.72. The van der Waals surface area contributed by atoms with Crippen molar-refractivity contribution < 1.29 is 0 Å². The summed E-state index contributed by atoms with van der Waals surface area (Å²) in [6, 6.07) is 0. The predicted octanol–water partition coefficient (Wildman–Crippen LogP) is 1.94. The monoisotopic (exact) mass is 161 g/mol. The van der Waals surface area contributed by atoms with Crippen molar-refractivity contribution >= 4 is 12.6 Å². The van der Waals surface area contributed by atoms with Crippen LogP contribution in [0.25, 0.3) is 0 Å². The molecule has 0 saturated heterocycles. The van der Waals surface area contributed by atoms with E-state index in [9.17, 15) is 0 Å². The highest BCUT2D eigenvalue weighted by Crippen LogP contribution is 2.01. The summed E-state index contributed by atoms with van der Waals surface area (Å²) in [5.74, 6) is 1.79. The van der Waals surface area contributed by atoms with Crippen LogP contribution in [0.15, 0.2) is 0 Å². The van der Waals surface area contributed by atoms with Crippen LogP contribution in [0.5, 0.6) is 0 Å². The summed E-state index contributed by atoms with van der Waals surface area (Å²) in [5, 5.41) is 3.31. The van der Waals surface area contributed by atoms with Crippen molar-refractivity contribution in [2.75, 3.05) is 18.8 Å². The van der Waals surface area contributed by atoms with E-state index < -0.39 is 0 Å². The lowest BCUT2D eigenvalue weighted by molar-refractivity contribution is 0.534. The maximum absolute atomic E-state index is 4.10. The summed E-state index contributed by atoms with van der Waals surface area (Å²) >= 11 is 4.10. The Balaban J connectivity index is 2.77. The topological polar surface area (TPSA) is 12.0 Å². The molecule has 0 aliphatic carbocycles. The molecule has 0 unspecified atom stereocenters. The van der Waals surface area contributed by atoms with Gasteiger partial charge in [-0.1, -0.05) is 13.8 Å². The molecule has 10 heavy (non-hydrogen) atoms. The molecular weight excluding hydrogens is 142 g/mol. The Bertz CT molecular complexity index is 64.3. The summed E-state index contributed by atoms with van der Waals surface area (Å²) in [6.07, 6.45) is 2.63. The van der Waals surface area contributed by atoms with Gasteiger partial charge in [0, 0.05) is 12.3 Å². The van der Waals surface area contributed by atoms with Crippen LogP contribution in [0, 0.1) is 5.92 Å². The molecule has 0 aliphatic rings. The van der Waals surface area contributed by atoms with Crippen LogP contribution in [0.4, 0.5) is 0 Å². The molecule has 62 valence electrons. The Morgan fingerprint density at radius 3 is 2.50 bits per heavy atom. The summed E-state index contributed by atoms with van der Waals surface area (Å²) < 4.78 is 0. The van der Waals surface area contributed by atoms with E-state index in [4.69, 9.17) is 0 Å². The zero-order chi connectivity index (χ0) is 7.82. The molecule has 0 aliphatic heterocycles. The van der Waals surface area contributed by atoms with Crippen LogP contribution in [0.3, 0.4) is 0 Å². The number of thiol groups is 1. The Hall–Kier alpha value is 0.310. The molecule has 0 bridgehead atoms. The maximum Gasteiger partial charge on any atom is 0.00397 e. The van der Waals surface area contributed by atoms with Gasteiger partial charge in [0.1, 0.15) is 0 Å². The molecule has 0 atom stereocenters. The molecule has 0 heterocycles. The normalized spacial score (nSPS) is 10.8. The third-order valence-electron chi connectivity index (χ3n) is 1.42. The highest BCUT2D eigenvalue weighted by atomic mass is 32.1. The maximum atomic E-state index is 4.10. The van der Waals surface area contributed by atoms with E-state index in [1.807, 2.05) is 0 Å². The molecule has 0 spiro atoms. The van der Waals surface area contributed by atoms with Gasteiger partial charge in [0.2, 0.25) is 0 Å². The largest absolute Gasteiger partial charge is 0.316 e. The molecule has 0 aromatic heterocycles. The molecule has 0 radical (unpaired) electrons. The van der Waals surface area contributed by atoms with Crippen molar-refractivity contribution in [3.8, 4) is 0 Å². The number of hydrogen-bond donors (Lipinski definition) is 2. The van der Waals surface area contributed by atoms with Crippen LogP contribution in [0.2, 0.25) is 0 Å². The molecule has 0 rings (SSSR count). The third kappa shape index (κ3) is 8.31. The lowest BCUT2D eigenvalue weighted by Crippen LogP contribution is -2.17. The fraction of sp³-hybridized carbons (Fsp3) is 1.00. The molecule has 1 N–H and O–H groups in total. The lowest BCUT2D eigenvalue weighted by Gasteiger charge is -2.04. The molecule has 2 heteroatoms. The standard InChI is InChI=1S/C8H19NS/c1-8(2)4-3-5-9-6-7-10/h8-10H,3-7H2,1-2H3. The second-order valence-corrected chi connectivity index (χ2v) is 3.46. The van der Waals surface area contributed by atoms with Crippen molar-refractivity contribution in [3.05, 3.63) is 0 Å². The van der Waals surface area contributed by atoms with E-state index in [-0.39, 0.29) is 0 Å². The zero-order valence-electron chi connectivity index (χ0n) is 7.06. The second kappa shape index (κ2) is 7.42. The second-order valence-electron chi connectivity index (χ2n) is 3.01. The highest BCUT2D eigenvalue weighted by Gasteiger charge is 1.91. The van der Waals surface area contributed by atoms with Crippen molar-refractivity contribution in [2.24, 2.45) is 5.92 Å². The van der Waals surface area contributed by atoms with Crippen molar-refractivity contribution in [2.45, 2.75) is 26.7 Å². The van der Waals surface area contributed by atoms with Gasteiger partial charge in [-0.25, -0.2) is 0 Å². The summed E-state index contributed by atoms with van der Waals surface area (Å²) in [7, 11) is 0. The van der Waals surface area contributed by atoms with Gasteiger partial charge in [-0.3, -0.25) is 0 Å². The average molecular weight is 161 g/mol. The minimum Gasteiger partial charge on any atom is -0.316 e. The van der Waals surface area contributed by atoms with E-state index in [2.05, 4.69) is 31.8 Å². The van der Waals surface area contributed by atoms with E-state index in [1.54, 1.807) is 0 Å². The molecule has 0 aromatic rings. The Labute approximate surface area is 70.0 Å². The Morgan fingerprint density at radius 2 is 2.00 bits per heavy atom.